The maximum absolute atomic E-state index is 12.5. The molecule has 0 spiro atoms. The molecule has 0 aliphatic carbocycles. The van der Waals surface area contributed by atoms with Gasteiger partial charge in [0.15, 0.2) is 5.96 Å². The van der Waals surface area contributed by atoms with Crippen LogP contribution in [0.3, 0.4) is 0 Å². The highest BCUT2D eigenvalue weighted by atomic mass is 32.1. The van der Waals surface area contributed by atoms with E-state index in [1.54, 1.807) is 25.5 Å². The average Bonchev–Trinajstić information content (AvgIpc) is 3.16. The van der Waals surface area contributed by atoms with Crippen molar-refractivity contribution in [1.29, 1.82) is 0 Å². The number of aryl methyl sites for hydroxylation is 1. The van der Waals surface area contributed by atoms with Crippen LogP contribution in [0.1, 0.15) is 21.6 Å². The quantitative estimate of drug-likeness (QED) is 0.611. The Morgan fingerprint density at radius 1 is 1.33 bits per heavy atom. The standard InChI is InChI=1S/C20H26N4O2S/c1-14-4-5-15(17(10-14)26-3)11-22-20(21-2)23-12-19(25)24-8-6-18-16(13-24)7-9-27-18/h4-5,7,9-10H,6,8,11-13H2,1-3H3,(H2,21,22,23). The van der Waals surface area contributed by atoms with E-state index in [0.29, 0.717) is 19.0 Å². The number of amides is 1. The lowest BCUT2D eigenvalue weighted by molar-refractivity contribution is -0.130. The first kappa shape index (κ1) is 19.2. The zero-order valence-electron chi connectivity index (χ0n) is 16.0. The minimum atomic E-state index is 0.0858. The fraction of sp³-hybridized carbons (Fsp3) is 0.400. The molecule has 3 rings (SSSR count). The molecular formula is C20H26N4O2S. The van der Waals surface area contributed by atoms with E-state index < -0.39 is 0 Å². The molecule has 1 aliphatic rings. The van der Waals surface area contributed by atoms with Gasteiger partial charge in [0.05, 0.1) is 13.7 Å². The zero-order valence-corrected chi connectivity index (χ0v) is 16.9. The lowest BCUT2D eigenvalue weighted by Crippen LogP contribution is -2.45. The molecule has 0 unspecified atom stereocenters. The number of thiophene rings is 1. The number of nitrogens with one attached hydrogen (secondary N) is 2. The summed E-state index contributed by atoms with van der Waals surface area (Å²) >= 11 is 1.78. The Labute approximate surface area is 164 Å². The first-order valence-electron chi connectivity index (χ1n) is 9.01. The van der Waals surface area contributed by atoms with Crippen LogP contribution in [0.4, 0.5) is 0 Å². The molecule has 7 heteroatoms. The third kappa shape index (κ3) is 4.80. The number of aliphatic imine (C=N–C) groups is 1. The second-order valence-electron chi connectivity index (χ2n) is 6.53. The van der Waals surface area contributed by atoms with Crippen molar-refractivity contribution >= 4 is 23.2 Å². The highest BCUT2D eigenvalue weighted by Gasteiger charge is 2.21. The number of methoxy groups -OCH3 is 1. The summed E-state index contributed by atoms with van der Waals surface area (Å²) in [5.41, 5.74) is 3.46. The number of benzene rings is 1. The molecule has 2 N–H and O–H groups in total. The van der Waals surface area contributed by atoms with Gasteiger partial charge in [-0.2, -0.15) is 0 Å². The van der Waals surface area contributed by atoms with Crippen molar-refractivity contribution < 1.29 is 9.53 Å². The van der Waals surface area contributed by atoms with E-state index in [-0.39, 0.29) is 12.5 Å². The second kappa shape index (κ2) is 8.90. The summed E-state index contributed by atoms with van der Waals surface area (Å²) in [7, 11) is 3.37. The van der Waals surface area contributed by atoms with Crippen LogP contribution in [0.25, 0.3) is 0 Å². The molecule has 0 saturated heterocycles. The molecule has 1 aromatic carbocycles. The van der Waals surface area contributed by atoms with Crippen molar-refractivity contribution in [3.8, 4) is 5.75 Å². The summed E-state index contributed by atoms with van der Waals surface area (Å²) in [5, 5.41) is 8.45. The highest BCUT2D eigenvalue weighted by Crippen LogP contribution is 2.24. The summed E-state index contributed by atoms with van der Waals surface area (Å²) in [6.45, 7) is 4.31. The monoisotopic (exact) mass is 386 g/mol. The van der Waals surface area contributed by atoms with Crippen LogP contribution in [-0.2, 0) is 24.3 Å². The van der Waals surface area contributed by atoms with Crippen LogP contribution in [-0.4, -0.2) is 44.0 Å². The Morgan fingerprint density at radius 2 is 2.19 bits per heavy atom. The second-order valence-corrected chi connectivity index (χ2v) is 7.53. The van der Waals surface area contributed by atoms with Gasteiger partial charge in [0.25, 0.3) is 0 Å². The van der Waals surface area contributed by atoms with E-state index >= 15 is 0 Å². The van der Waals surface area contributed by atoms with Gasteiger partial charge in [-0.05, 0) is 42.0 Å². The van der Waals surface area contributed by atoms with Gasteiger partial charge in [-0.15, -0.1) is 11.3 Å². The number of ether oxygens (including phenoxy) is 1. The minimum Gasteiger partial charge on any atom is -0.496 e. The normalized spacial score (nSPS) is 13.9. The number of carbonyl (C=O) groups is 1. The lowest BCUT2D eigenvalue weighted by Gasteiger charge is -2.27. The number of carbonyl (C=O) groups excluding carboxylic acids is 1. The number of guanidine groups is 1. The molecule has 0 saturated carbocycles. The van der Waals surface area contributed by atoms with E-state index in [2.05, 4.69) is 27.1 Å². The Morgan fingerprint density at radius 3 is 2.96 bits per heavy atom. The maximum Gasteiger partial charge on any atom is 0.242 e. The number of rotatable bonds is 5. The smallest absolute Gasteiger partial charge is 0.242 e. The van der Waals surface area contributed by atoms with E-state index in [4.69, 9.17) is 4.74 Å². The molecule has 1 aliphatic heterocycles. The molecular weight excluding hydrogens is 360 g/mol. The van der Waals surface area contributed by atoms with Gasteiger partial charge < -0.3 is 20.3 Å². The van der Waals surface area contributed by atoms with Crippen LogP contribution < -0.4 is 15.4 Å². The molecule has 0 radical (unpaired) electrons. The molecule has 1 amide bonds. The van der Waals surface area contributed by atoms with Crippen LogP contribution in [0.2, 0.25) is 0 Å². The summed E-state index contributed by atoms with van der Waals surface area (Å²) in [5.74, 6) is 1.52. The van der Waals surface area contributed by atoms with Crippen LogP contribution >= 0.6 is 11.3 Å². The minimum absolute atomic E-state index is 0.0858. The van der Waals surface area contributed by atoms with E-state index in [1.165, 1.54) is 10.4 Å². The summed E-state index contributed by atoms with van der Waals surface area (Å²) in [6.07, 6.45) is 0.943. The maximum atomic E-state index is 12.5. The molecule has 0 fully saturated rings. The van der Waals surface area contributed by atoms with Crippen molar-refractivity contribution in [2.45, 2.75) is 26.4 Å². The van der Waals surface area contributed by atoms with Gasteiger partial charge in [0.1, 0.15) is 5.75 Å². The van der Waals surface area contributed by atoms with Gasteiger partial charge in [-0.25, -0.2) is 0 Å². The molecule has 2 aromatic rings. The SMILES string of the molecule is CN=C(NCC(=O)N1CCc2sccc2C1)NCc1ccc(C)cc1OC. The van der Waals surface area contributed by atoms with Gasteiger partial charge >= 0.3 is 0 Å². The highest BCUT2D eigenvalue weighted by molar-refractivity contribution is 7.10. The average molecular weight is 387 g/mol. The Hall–Kier alpha value is -2.54. The zero-order chi connectivity index (χ0) is 19.2. The van der Waals surface area contributed by atoms with Crippen molar-refractivity contribution in [3.63, 3.8) is 0 Å². The van der Waals surface area contributed by atoms with Gasteiger partial charge in [-0.1, -0.05) is 12.1 Å². The largest absolute Gasteiger partial charge is 0.496 e. The Balaban J connectivity index is 1.50. The van der Waals surface area contributed by atoms with Crippen LogP contribution in [0.5, 0.6) is 5.75 Å². The van der Waals surface area contributed by atoms with Crippen molar-refractivity contribution in [3.05, 3.63) is 51.2 Å². The summed E-state index contributed by atoms with van der Waals surface area (Å²) in [6, 6.07) is 8.20. The number of fused-ring (bicyclic) bond motifs is 1. The third-order valence-corrected chi connectivity index (χ3v) is 5.70. The Kier molecular flexibility index (Phi) is 6.34. The first-order chi connectivity index (χ1) is 13.1. The van der Waals surface area contributed by atoms with E-state index in [1.807, 2.05) is 30.0 Å². The van der Waals surface area contributed by atoms with Gasteiger partial charge in [0, 0.05) is 37.1 Å². The molecule has 0 atom stereocenters. The first-order valence-corrected chi connectivity index (χ1v) is 9.89. The molecule has 27 heavy (non-hydrogen) atoms. The van der Waals surface area contributed by atoms with Crippen LogP contribution in [0.15, 0.2) is 34.6 Å². The van der Waals surface area contributed by atoms with Crippen molar-refractivity contribution in [1.82, 2.24) is 15.5 Å². The van der Waals surface area contributed by atoms with E-state index in [0.717, 1.165) is 29.8 Å². The summed E-state index contributed by atoms with van der Waals surface area (Å²) in [4.78, 5) is 20.0. The fourth-order valence-electron chi connectivity index (χ4n) is 3.13. The predicted octanol–water partition coefficient (Wildman–Crippen LogP) is 2.32. The number of nitrogens with zero attached hydrogens (tertiary/aromatic N) is 2. The summed E-state index contributed by atoms with van der Waals surface area (Å²) < 4.78 is 5.43. The number of hydrogen-bond acceptors (Lipinski definition) is 4. The number of hydrogen-bond donors (Lipinski definition) is 2. The molecule has 2 heterocycles. The predicted molar refractivity (Wildman–Crippen MR) is 109 cm³/mol. The molecule has 0 bridgehead atoms. The Bertz CT molecular complexity index is 831. The topological polar surface area (TPSA) is 66.0 Å². The van der Waals surface area contributed by atoms with Gasteiger partial charge in [0.2, 0.25) is 5.91 Å². The molecule has 144 valence electrons. The van der Waals surface area contributed by atoms with Crippen molar-refractivity contribution in [2.75, 3.05) is 27.2 Å². The third-order valence-electron chi connectivity index (χ3n) is 4.68. The van der Waals surface area contributed by atoms with Gasteiger partial charge in [-0.3, -0.25) is 9.79 Å². The lowest BCUT2D eigenvalue weighted by atomic mass is 10.1. The molecule has 6 nitrogen and oxygen atoms in total. The molecule has 1 aromatic heterocycles. The fourth-order valence-corrected chi connectivity index (χ4v) is 4.02. The van der Waals surface area contributed by atoms with Crippen molar-refractivity contribution in [2.24, 2.45) is 4.99 Å². The van der Waals surface area contributed by atoms with Crippen LogP contribution in [0, 0.1) is 6.92 Å². The van der Waals surface area contributed by atoms with E-state index in [9.17, 15) is 4.79 Å².